The van der Waals surface area contributed by atoms with Crippen LogP contribution < -0.4 is 4.90 Å². The van der Waals surface area contributed by atoms with Gasteiger partial charge in [0.05, 0.1) is 11.0 Å². The predicted molar refractivity (Wildman–Crippen MR) is 233 cm³/mol. The first-order valence-corrected chi connectivity index (χ1v) is 19.2. The molecule has 2 heteroatoms. The topological polar surface area (TPSA) is 8.17 Å². The van der Waals surface area contributed by atoms with Crippen LogP contribution in [0.25, 0.3) is 71.6 Å². The SMILES string of the molecule is CC1(C)c2ccccc2-c2ccc(N(c3ccc(-c4ccccc4)cc3)c3ccc(-c4ccc5c6c4ccc4cccc(c46)n5-c4ccccc4)cc3)cc21. The number of fused-ring (bicyclic) bond motifs is 3. The van der Waals surface area contributed by atoms with Crippen LogP contribution in [-0.2, 0) is 5.41 Å². The highest BCUT2D eigenvalue weighted by atomic mass is 15.1. The van der Waals surface area contributed by atoms with Gasteiger partial charge in [-0.05, 0) is 116 Å². The summed E-state index contributed by atoms with van der Waals surface area (Å²) >= 11 is 0. The Morgan fingerprint density at radius 2 is 1.00 bits per heavy atom. The monoisotopic (exact) mass is 702 g/mol. The summed E-state index contributed by atoms with van der Waals surface area (Å²) in [5.41, 5.74) is 17.3. The lowest BCUT2D eigenvalue weighted by Gasteiger charge is -2.28. The average molecular weight is 703 g/mol. The van der Waals surface area contributed by atoms with Gasteiger partial charge < -0.3 is 9.47 Å². The van der Waals surface area contributed by atoms with Gasteiger partial charge in [0, 0.05) is 38.9 Å². The van der Waals surface area contributed by atoms with Gasteiger partial charge in [-0.25, -0.2) is 0 Å². The predicted octanol–water partition coefficient (Wildman–Crippen LogP) is 14.5. The van der Waals surface area contributed by atoms with Gasteiger partial charge in [0.25, 0.3) is 0 Å². The summed E-state index contributed by atoms with van der Waals surface area (Å²) in [6.45, 7) is 4.71. The van der Waals surface area contributed by atoms with E-state index in [4.69, 9.17) is 0 Å². The fourth-order valence-corrected chi connectivity index (χ4v) is 9.30. The van der Waals surface area contributed by atoms with Gasteiger partial charge in [-0.2, -0.15) is 0 Å². The molecule has 55 heavy (non-hydrogen) atoms. The van der Waals surface area contributed by atoms with Gasteiger partial charge in [-0.15, -0.1) is 0 Å². The molecule has 0 fully saturated rings. The molecule has 0 saturated heterocycles. The molecule has 9 aromatic carbocycles. The Balaban J connectivity index is 1.04. The molecule has 0 atom stereocenters. The molecule has 0 unspecified atom stereocenters. The van der Waals surface area contributed by atoms with E-state index in [1.807, 2.05) is 0 Å². The van der Waals surface area contributed by atoms with Crippen LogP contribution in [0.4, 0.5) is 17.1 Å². The van der Waals surface area contributed by atoms with Crippen LogP contribution in [0.5, 0.6) is 0 Å². The summed E-state index contributed by atoms with van der Waals surface area (Å²) in [6.07, 6.45) is 0. The van der Waals surface area contributed by atoms with Crippen molar-refractivity contribution < 1.29 is 0 Å². The maximum Gasteiger partial charge on any atom is 0.0547 e. The normalized spacial score (nSPS) is 13.1. The molecule has 0 saturated carbocycles. The summed E-state index contributed by atoms with van der Waals surface area (Å²) in [4.78, 5) is 2.41. The second-order valence-corrected chi connectivity index (χ2v) is 15.4. The second-order valence-electron chi connectivity index (χ2n) is 15.4. The lowest BCUT2D eigenvalue weighted by atomic mass is 9.82. The van der Waals surface area contributed by atoms with E-state index in [0.717, 1.165) is 17.1 Å². The van der Waals surface area contributed by atoms with Gasteiger partial charge in [-0.3, -0.25) is 0 Å². The third-order valence-electron chi connectivity index (χ3n) is 12.0. The van der Waals surface area contributed by atoms with E-state index in [9.17, 15) is 0 Å². The molecule has 1 aromatic heterocycles. The van der Waals surface area contributed by atoms with E-state index in [-0.39, 0.29) is 5.41 Å². The third kappa shape index (κ3) is 4.81. The van der Waals surface area contributed by atoms with Crippen LogP contribution in [0.15, 0.2) is 194 Å². The zero-order chi connectivity index (χ0) is 36.7. The first-order valence-electron chi connectivity index (χ1n) is 19.2. The average Bonchev–Trinajstić information content (AvgIpc) is 3.70. The molecule has 1 aliphatic rings. The number of para-hydroxylation sites is 1. The minimum absolute atomic E-state index is 0.0916. The lowest BCUT2D eigenvalue weighted by molar-refractivity contribution is 0.660. The van der Waals surface area contributed by atoms with Crippen LogP contribution in [0.2, 0.25) is 0 Å². The van der Waals surface area contributed by atoms with Crippen molar-refractivity contribution in [3.63, 3.8) is 0 Å². The minimum Gasteiger partial charge on any atom is -0.310 e. The Kier molecular flexibility index (Phi) is 6.93. The highest BCUT2D eigenvalue weighted by Gasteiger charge is 2.35. The number of hydrogen-bond acceptors (Lipinski definition) is 1. The molecule has 0 radical (unpaired) electrons. The zero-order valence-electron chi connectivity index (χ0n) is 30.9. The van der Waals surface area contributed by atoms with Gasteiger partial charge in [-0.1, -0.05) is 147 Å². The standard InChI is InChI=1S/C53H38N2/c1-53(2)47-18-10-9-17-44(47)45-31-29-42(34-48(45)53)54(40-25-20-36(21-26-40)35-12-5-3-6-13-35)41-27-22-37(23-28-41)43-32-33-50-52-46(43)30-24-38-14-11-19-49(51(38)52)55(50)39-15-7-4-8-16-39/h3-34H,1-2H3. The van der Waals surface area contributed by atoms with Crippen molar-refractivity contribution in [1.82, 2.24) is 4.57 Å². The third-order valence-corrected chi connectivity index (χ3v) is 12.0. The summed E-state index contributed by atoms with van der Waals surface area (Å²) in [5.74, 6) is 0. The maximum atomic E-state index is 2.41. The molecule has 10 aromatic rings. The Morgan fingerprint density at radius 1 is 0.400 bits per heavy atom. The molecule has 0 spiro atoms. The Bertz CT molecular complexity index is 3030. The van der Waals surface area contributed by atoms with E-state index < -0.39 is 0 Å². The van der Waals surface area contributed by atoms with Crippen LogP contribution in [-0.4, -0.2) is 4.57 Å². The Morgan fingerprint density at radius 3 is 1.76 bits per heavy atom. The quantitative estimate of drug-likeness (QED) is 0.157. The van der Waals surface area contributed by atoms with Crippen molar-refractivity contribution in [3.05, 3.63) is 205 Å². The molecule has 1 aliphatic carbocycles. The number of rotatable bonds is 6. The van der Waals surface area contributed by atoms with Gasteiger partial charge in [0.1, 0.15) is 0 Å². The number of benzene rings is 9. The smallest absolute Gasteiger partial charge is 0.0547 e. The van der Waals surface area contributed by atoms with E-state index >= 15 is 0 Å². The van der Waals surface area contributed by atoms with E-state index in [1.54, 1.807) is 0 Å². The maximum absolute atomic E-state index is 2.41. The largest absolute Gasteiger partial charge is 0.310 e. The van der Waals surface area contributed by atoms with Gasteiger partial charge in [0.15, 0.2) is 0 Å². The van der Waals surface area contributed by atoms with E-state index in [0.29, 0.717) is 0 Å². The van der Waals surface area contributed by atoms with Gasteiger partial charge in [0.2, 0.25) is 0 Å². The Labute approximate surface area is 321 Å². The van der Waals surface area contributed by atoms with Gasteiger partial charge >= 0.3 is 0 Å². The lowest BCUT2D eigenvalue weighted by Crippen LogP contribution is -2.16. The number of hydrogen-bond donors (Lipinski definition) is 0. The van der Waals surface area contributed by atoms with Crippen LogP contribution >= 0.6 is 0 Å². The van der Waals surface area contributed by atoms with Crippen molar-refractivity contribution in [2.45, 2.75) is 19.3 Å². The molecule has 0 N–H and O–H groups in total. The summed E-state index contributed by atoms with van der Waals surface area (Å²) < 4.78 is 2.41. The molecular formula is C53H38N2. The highest BCUT2D eigenvalue weighted by Crippen LogP contribution is 2.51. The van der Waals surface area contributed by atoms with Crippen molar-refractivity contribution in [1.29, 1.82) is 0 Å². The van der Waals surface area contributed by atoms with E-state index in [2.05, 4.69) is 217 Å². The molecule has 11 rings (SSSR count). The summed E-state index contributed by atoms with van der Waals surface area (Å²) in [6, 6.07) is 71.3. The molecule has 0 aliphatic heterocycles. The van der Waals surface area contributed by atoms with Crippen LogP contribution in [0, 0.1) is 0 Å². The van der Waals surface area contributed by atoms with Crippen LogP contribution in [0.1, 0.15) is 25.0 Å². The first kappa shape index (κ1) is 31.6. The zero-order valence-corrected chi connectivity index (χ0v) is 30.9. The first-order chi connectivity index (χ1) is 27.0. The summed E-state index contributed by atoms with van der Waals surface area (Å²) in [7, 11) is 0. The van der Waals surface area contributed by atoms with Crippen LogP contribution in [0.3, 0.4) is 0 Å². The second kappa shape index (κ2) is 12.1. The number of anilines is 3. The molecule has 0 bridgehead atoms. The fraction of sp³-hybridized carbons (Fsp3) is 0.0566. The van der Waals surface area contributed by atoms with Crippen molar-refractivity contribution in [2.24, 2.45) is 0 Å². The molecule has 0 amide bonds. The molecule has 260 valence electrons. The highest BCUT2D eigenvalue weighted by molar-refractivity contribution is 6.26. The van der Waals surface area contributed by atoms with Crippen molar-refractivity contribution >= 4 is 49.6 Å². The Hall–Kier alpha value is -6.90. The minimum atomic E-state index is -0.0916. The number of nitrogens with zero attached hydrogens (tertiary/aromatic N) is 2. The fourth-order valence-electron chi connectivity index (χ4n) is 9.30. The molecule has 2 nitrogen and oxygen atoms in total. The molecule has 1 heterocycles. The van der Waals surface area contributed by atoms with Crippen molar-refractivity contribution in [2.75, 3.05) is 4.90 Å². The van der Waals surface area contributed by atoms with Crippen molar-refractivity contribution in [3.8, 4) is 39.1 Å². The molecular weight excluding hydrogens is 665 g/mol. The summed E-state index contributed by atoms with van der Waals surface area (Å²) in [5, 5.41) is 5.19. The number of aromatic nitrogens is 1. The van der Waals surface area contributed by atoms with E-state index in [1.165, 1.54) is 82.8 Å².